The van der Waals surface area contributed by atoms with E-state index in [9.17, 15) is 4.79 Å². The SMILES string of the molecule is O=C(O)NCC1CCN(c2nc3cc(Cl)ccc3o2)CC1. The summed E-state index contributed by atoms with van der Waals surface area (Å²) in [6, 6.07) is 5.99. The van der Waals surface area contributed by atoms with Crippen molar-refractivity contribution >= 4 is 34.8 Å². The van der Waals surface area contributed by atoms with Crippen LogP contribution in [0.25, 0.3) is 11.1 Å². The van der Waals surface area contributed by atoms with Crippen LogP contribution in [0, 0.1) is 5.92 Å². The van der Waals surface area contributed by atoms with Crippen LogP contribution in [0.15, 0.2) is 22.6 Å². The monoisotopic (exact) mass is 309 g/mol. The molecule has 2 heterocycles. The van der Waals surface area contributed by atoms with E-state index in [0.29, 0.717) is 23.5 Å². The van der Waals surface area contributed by atoms with Crippen molar-refractivity contribution < 1.29 is 14.3 Å². The second-order valence-electron chi connectivity index (χ2n) is 5.22. The largest absolute Gasteiger partial charge is 0.465 e. The van der Waals surface area contributed by atoms with Gasteiger partial charge in [0.25, 0.3) is 6.01 Å². The van der Waals surface area contributed by atoms with Crippen molar-refractivity contribution in [2.75, 3.05) is 24.5 Å². The van der Waals surface area contributed by atoms with Crippen molar-refractivity contribution in [3.05, 3.63) is 23.2 Å². The minimum absolute atomic E-state index is 0.371. The molecule has 1 fully saturated rings. The molecule has 6 nitrogen and oxygen atoms in total. The van der Waals surface area contributed by atoms with Gasteiger partial charge in [-0.05, 0) is 37.0 Å². The van der Waals surface area contributed by atoms with Gasteiger partial charge in [0.1, 0.15) is 5.52 Å². The number of benzene rings is 1. The number of anilines is 1. The van der Waals surface area contributed by atoms with Crippen LogP contribution in [-0.2, 0) is 0 Å². The van der Waals surface area contributed by atoms with Gasteiger partial charge in [-0.1, -0.05) is 11.6 Å². The minimum atomic E-state index is -0.965. The Bertz CT molecular complexity index is 650. The molecule has 0 unspecified atom stereocenters. The Kier molecular flexibility index (Phi) is 3.88. The number of nitrogens with zero attached hydrogens (tertiary/aromatic N) is 2. The van der Waals surface area contributed by atoms with Gasteiger partial charge in [-0.15, -0.1) is 0 Å². The van der Waals surface area contributed by atoms with Gasteiger partial charge in [0, 0.05) is 24.7 Å². The van der Waals surface area contributed by atoms with Gasteiger partial charge in [-0.3, -0.25) is 0 Å². The summed E-state index contributed by atoms with van der Waals surface area (Å²) in [7, 11) is 0. The van der Waals surface area contributed by atoms with Gasteiger partial charge < -0.3 is 19.7 Å². The van der Waals surface area contributed by atoms with Crippen molar-refractivity contribution in [3.8, 4) is 0 Å². The molecule has 0 spiro atoms. The molecule has 112 valence electrons. The first-order valence-electron chi connectivity index (χ1n) is 6.89. The van der Waals surface area contributed by atoms with Crippen LogP contribution in [-0.4, -0.2) is 35.8 Å². The Hall–Kier alpha value is -1.95. The smallest absolute Gasteiger partial charge is 0.404 e. The third kappa shape index (κ3) is 3.21. The number of hydrogen-bond acceptors (Lipinski definition) is 4. The number of nitrogens with one attached hydrogen (secondary N) is 1. The average Bonchev–Trinajstić information content (AvgIpc) is 2.88. The predicted molar refractivity (Wildman–Crippen MR) is 80.0 cm³/mol. The van der Waals surface area contributed by atoms with Crippen LogP contribution < -0.4 is 10.2 Å². The van der Waals surface area contributed by atoms with Crippen LogP contribution in [0.1, 0.15) is 12.8 Å². The summed E-state index contributed by atoms with van der Waals surface area (Å²) in [6.45, 7) is 2.13. The summed E-state index contributed by atoms with van der Waals surface area (Å²) in [5.41, 5.74) is 1.48. The van der Waals surface area contributed by atoms with Crippen LogP contribution in [0.3, 0.4) is 0 Å². The van der Waals surface area contributed by atoms with Gasteiger partial charge >= 0.3 is 6.09 Å². The fourth-order valence-corrected chi connectivity index (χ4v) is 2.75. The molecule has 1 aliphatic rings. The Morgan fingerprint density at radius 1 is 1.48 bits per heavy atom. The molecule has 1 aromatic heterocycles. The van der Waals surface area contributed by atoms with Crippen molar-refractivity contribution in [1.29, 1.82) is 0 Å². The summed E-state index contributed by atoms with van der Waals surface area (Å²) in [5, 5.41) is 11.7. The van der Waals surface area contributed by atoms with E-state index in [0.717, 1.165) is 37.0 Å². The second kappa shape index (κ2) is 5.81. The first kappa shape index (κ1) is 14.0. The quantitative estimate of drug-likeness (QED) is 0.911. The Labute approximate surface area is 126 Å². The van der Waals surface area contributed by atoms with E-state index in [1.165, 1.54) is 0 Å². The lowest BCUT2D eigenvalue weighted by molar-refractivity contribution is 0.191. The zero-order valence-corrected chi connectivity index (χ0v) is 12.1. The van der Waals surface area contributed by atoms with Crippen LogP contribution >= 0.6 is 11.6 Å². The van der Waals surface area contributed by atoms with Crippen LogP contribution in [0.4, 0.5) is 10.8 Å². The molecule has 1 aliphatic heterocycles. The maximum Gasteiger partial charge on any atom is 0.404 e. The molecule has 0 radical (unpaired) electrons. The predicted octanol–water partition coefficient (Wildman–Crippen LogP) is 2.97. The zero-order chi connectivity index (χ0) is 14.8. The van der Waals surface area contributed by atoms with E-state index in [1.807, 2.05) is 6.07 Å². The Morgan fingerprint density at radius 3 is 2.95 bits per heavy atom. The number of aromatic nitrogens is 1. The number of piperidine rings is 1. The van der Waals surface area contributed by atoms with E-state index in [1.54, 1.807) is 12.1 Å². The lowest BCUT2D eigenvalue weighted by atomic mass is 9.97. The fraction of sp³-hybridized carbons (Fsp3) is 0.429. The molecular weight excluding hydrogens is 294 g/mol. The normalized spacial score (nSPS) is 16.3. The van der Waals surface area contributed by atoms with Gasteiger partial charge in [0.2, 0.25) is 0 Å². The standard InChI is InChI=1S/C14H16ClN3O3/c15-10-1-2-12-11(7-10)17-13(21-12)18-5-3-9(4-6-18)8-16-14(19)20/h1-2,7,9,16H,3-6,8H2,(H,19,20). The first-order chi connectivity index (χ1) is 10.1. The number of oxazole rings is 1. The number of amides is 1. The lowest BCUT2D eigenvalue weighted by Gasteiger charge is -2.30. The second-order valence-corrected chi connectivity index (χ2v) is 5.66. The molecule has 21 heavy (non-hydrogen) atoms. The molecule has 3 rings (SSSR count). The molecule has 0 atom stereocenters. The summed E-state index contributed by atoms with van der Waals surface area (Å²) < 4.78 is 5.74. The van der Waals surface area contributed by atoms with Gasteiger partial charge in [0.05, 0.1) is 0 Å². The maximum absolute atomic E-state index is 10.5. The minimum Gasteiger partial charge on any atom is -0.465 e. The number of rotatable bonds is 3. The summed E-state index contributed by atoms with van der Waals surface area (Å²) >= 11 is 5.94. The third-order valence-electron chi connectivity index (χ3n) is 3.77. The molecule has 1 saturated heterocycles. The molecule has 0 bridgehead atoms. The van der Waals surface area contributed by atoms with Crippen LogP contribution in [0.2, 0.25) is 5.02 Å². The van der Waals surface area contributed by atoms with E-state index in [-0.39, 0.29) is 0 Å². The summed E-state index contributed by atoms with van der Waals surface area (Å²) in [6.07, 6.45) is 0.868. The molecular formula is C14H16ClN3O3. The van der Waals surface area contributed by atoms with E-state index < -0.39 is 6.09 Å². The lowest BCUT2D eigenvalue weighted by Crippen LogP contribution is -2.38. The molecule has 2 N–H and O–H groups in total. The highest BCUT2D eigenvalue weighted by atomic mass is 35.5. The van der Waals surface area contributed by atoms with Gasteiger partial charge in [-0.25, -0.2) is 4.79 Å². The first-order valence-corrected chi connectivity index (χ1v) is 7.27. The Morgan fingerprint density at radius 2 is 2.24 bits per heavy atom. The molecule has 7 heteroatoms. The zero-order valence-electron chi connectivity index (χ0n) is 11.4. The average molecular weight is 310 g/mol. The number of fused-ring (bicyclic) bond motifs is 1. The highest BCUT2D eigenvalue weighted by Crippen LogP contribution is 2.27. The molecule has 0 aliphatic carbocycles. The Balaban J connectivity index is 1.64. The molecule has 2 aromatic rings. The molecule has 1 aromatic carbocycles. The van der Waals surface area contributed by atoms with Crippen molar-refractivity contribution in [2.24, 2.45) is 5.92 Å². The number of carboxylic acid groups (broad SMARTS) is 1. The van der Waals surface area contributed by atoms with E-state index >= 15 is 0 Å². The number of hydrogen-bond donors (Lipinski definition) is 2. The highest BCUT2D eigenvalue weighted by molar-refractivity contribution is 6.31. The van der Waals surface area contributed by atoms with E-state index in [4.69, 9.17) is 21.1 Å². The fourth-order valence-electron chi connectivity index (χ4n) is 2.58. The highest BCUT2D eigenvalue weighted by Gasteiger charge is 2.23. The maximum atomic E-state index is 10.5. The van der Waals surface area contributed by atoms with Crippen molar-refractivity contribution in [3.63, 3.8) is 0 Å². The van der Waals surface area contributed by atoms with E-state index in [2.05, 4.69) is 15.2 Å². The molecule has 1 amide bonds. The topological polar surface area (TPSA) is 78.6 Å². The summed E-state index contributed by atoms with van der Waals surface area (Å²) in [4.78, 5) is 17.0. The van der Waals surface area contributed by atoms with Crippen molar-refractivity contribution in [1.82, 2.24) is 10.3 Å². The van der Waals surface area contributed by atoms with Gasteiger partial charge in [-0.2, -0.15) is 4.98 Å². The third-order valence-corrected chi connectivity index (χ3v) is 4.00. The van der Waals surface area contributed by atoms with Gasteiger partial charge in [0.15, 0.2) is 5.58 Å². The number of carbonyl (C=O) groups is 1. The summed E-state index contributed by atoms with van der Waals surface area (Å²) in [5.74, 6) is 0.371. The molecule has 0 saturated carbocycles. The number of halogens is 1. The van der Waals surface area contributed by atoms with Crippen molar-refractivity contribution in [2.45, 2.75) is 12.8 Å². The van der Waals surface area contributed by atoms with Crippen LogP contribution in [0.5, 0.6) is 0 Å².